The lowest BCUT2D eigenvalue weighted by molar-refractivity contribution is -0.120. The Morgan fingerprint density at radius 3 is 2.70 bits per heavy atom. The Balaban J connectivity index is 2.02. The van der Waals surface area contributed by atoms with Crippen molar-refractivity contribution in [2.75, 3.05) is 6.54 Å². The summed E-state index contributed by atoms with van der Waals surface area (Å²) >= 11 is 1.35. The third kappa shape index (κ3) is 4.07. The van der Waals surface area contributed by atoms with E-state index >= 15 is 0 Å². The summed E-state index contributed by atoms with van der Waals surface area (Å²) in [6.45, 7) is 9.70. The predicted octanol–water partition coefficient (Wildman–Crippen LogP) is 3.14. The monoisotopic (exact) mass is 334 g/mol. The van der Waals surface area contributed by atoms with E-state index in [1.165, 1.54) is 11.3 Å². The van der Waals surface area contributed by atoms with Crippen LogP contribution in [0.15, 0.2) is 22.0 Å². The number of aliphatic imine (C=N–C) groups is 1. The first-order valence-corrected chi connectivity index (χ1v) is 8.47. The van der Waals surface area contributed by atoms with Gasteiger partial charge in [-0.05, 0) is 40.7 Å². The number of carbonyl (C=O) groups excluding carboxylic acids is 2. The first-order valence-electron chi connectivity index (χ1n) is 7.59. The van der Waals surface area contributed by atoms with Crippen LogP contribution in [-0.2, 0) is 4.79 Å². The van der Waals surface area contributed by atoms with Gasteiger partial charge >= 0.3 is 0 Å². The van der Waals surface area contributed by atoms with E-state index < -0.39 is 0 Å². The van der Waals surface area contributed by atoms with Gasteiger partial charge in [-0.15, -0.1) is 11.3 Å². The second-order valence-electron chi connectivity index (χ2n) is 5.96. The van der Waals surface area contributed by atoms with E-state index in [0.717, 1.165) is 16.9 Å². The minimum absolute atomic E-state index is 0.0629. The molecule has 1 aliphatic heterocycles. The predicted molar refractivity (Wildman–Crippen MR) is 92.5 cm³/mol. The van der Waals surface area contributed by atoms with Gasteiger partial charge in [0.15, 0.2) is 0 Å². The second-order valence-corrected chi connectivity index (χ2v) is 6.84. The summed E-state index contributed by atoms with van der Waals surface area (Å²) in [5, 5.41) is 4.68. The number of ether oxygens (including phenoxy) is 1. The molecule has 0 aromatic carbocycles. The van der Waals surface area contributed by atoms with Gasteiger partial charge in [0.25, 0.3) is 11.8 Å². The average molecular weight is 334 g/mol. The summed E-state index contributed by atoms with van der Waals surface area (Å²) in [6, 6.07) is 0. The molecule has 1 aromatic heterocycles. The molecule has 5 nitrogen and oxygen atoms in total. The lowest BCUT2D eigenvalue weighted by Crippen LogP contribution is -2.34. The number of allylic oxidation sites excluding steroid dienone is 1. The van der Waals surface area contributed by atoms with Crippen LogP contribution in [0.2, 0.25) is 0 Å². The molecular formula is C17H22N2O3S. The minimum atomic E-state index is -0.380. The van der Waals surface area contributed by atoms with Crippen LogP contribution in [0.25, 0.3) is 0 Å². The van der Waals surface area contributed by atoms with Crippen LogP contribution in [-0.4, -0.2) is 30.2 Å². The number of dihydropyridines is 1. The lowest BCUT2D eigenvalue weighted by Gasteiger charge is -2.18. The van der Waals surface area contributed by atoms with Crippen LogP contribution in [0.4, 0.5) is 0 Å². The largest absolute Gasteiger partial charge is 0.490 e. The van der Waals surface area contributed by atoms with Gasteiger partial charge in [0.1, 0.15) is 5.75 Å². The van der Waals surface area contributed by atoms with Crippen molar-refractivity contribution in [3.63, 3.8) is 0 Å². The standard InChI is InChI=1S/C17H22N2O3S/c1-9(2)22-14-8-23-15(12(14)5)17(21)18-7-13-10(3)6-11(4)19-16(13)20/h6,8-9,13H,7H2,1-5H3,(H,18,21). The summed E-state index contributed by atoms with van der Waals surface area (Å²) < 4.78 is 5.67. The number of hydrogen-bond donors (Lipinski definition) is 1. The molecule has 2 heterocycles. The Kier molecular flexibility index (Phi) is 5.36. The van der Waals surface area contributed by atoms with Crippen molar-refractivity contribution >= 4 is 28.9 Å². The third-order valence-corrected chi connectivity index (χ3v) is 4.66. The molecule has 23 heavy (non-hydrogen) atoms. The highest BCUT2D eigenvalue weighted by atomic mass is 32.1. The summed E-state index contributed by atoms with van der Waals surface area (Å²) in [6.07, 6.45) is 1.94. The van der Waals surface area contributed by atoms with E-state index in [1.807, 2.05) is 39.2 Å². The number of thiophene rings is 1. The fraction of sp³-hybridized carbons (Fsp3) is 0.471. The van der Waals surface area contributed by atoms with Gasteiger partial charge in [0.05, 0.1) is 16.9 Å². The first kappa shape index (κ1) is 17.4. The first-order chi connectivity index (χ1) is 10.8. The van der Waals surface area contributed by atoms with Crippen molar-refractivity contribution < 1.29 is 14.3 Å². The summed E-state index contributed by atoms with van der Waals surface area (Å²) in [7, 11) is 0. The second kappa shape index (κ2) is 7.08. The zero-order chi connectivity index (χ0) is 17.1. The minimum Gasteiger partial charge on any atom is -0.490 e. The third-order valence-electron chi connectivity index (χ3n) is 3.60. The molecular weight excluding hydrogens is 312 g/mol. The Labute approximate surface area is 140 Å². The molecule has 1 aliphatic rings. The summed E-state index contributed by atoms with van der Waals surface area (Å²) in [5.41, 5.74) is 2.46. The molecule has 1 aromatic rings. The fourth-order valence-electron chi connectivity index (χ4n) is 2.43. The van der Waals surface area contributed by atoms with Gasteiger partial charge in [-0.1, -0.05) is 5.57 Å². The molecule has 1 unspecified atom stereocenters. The van der Waals surface area contributed by atoms with E-state index in [9.17, 15) is 9.59 Å². The van der Waals surface area contributed by atoms with Crippen LogP contribution in [0.1, 0.15) is 42.9 Å². The van der Waals surface area contributed by atoms with Gasteiger partial charge in [0.2, 0.25) is 0 Å². The van der Waals surface area contributed by atoms with Crippen molar-refractivity contribution in [1.29, 1.82) is 0 Å². The van der Waals surface area contributed by atoms with Gasteiger partial charge < -0.3 is 10.1 Å². The Morgan fingerprint density at radius 1 is 1.39 bits per heavy atom. The zero-order valence-corrected chi connectivity index (χ0v) is 14.9. The van der Waals surface area contributed by atoms with Gasteiger partial charge in [-0.2, -0.15) is 0 Å². The number of nitrogens with zero attached hydrogens (tertiary/aromatic N) is 1. The lowest BCUT2D eigenvalue weighted by atomic mass is 9.96. The molecule has 6 heteroatoms. The molecule has 2 amide bonds. The topological polar surface area (TPSA) is 67.8 Å². The fourth-order valence-corrected chi connectivity index (χ4v) is 3.34. The van der Waals surface area contributed by atoms with Crippen molar-refractivity contribution in [3.05, 3.63) is 27.5 Å². The molecule has 0 aliphatic carbocycles. The maximum atomic E-state index is 12.4. The van der Waals surface area contributed by atoms with Crippen molar-refractivity contribution in [3.8, 4) is 5.75 Å². The molecule has 124 valence electrons. The molecule has 0 spiro atoms. The molecule has 2 rings (SSSR count). The molecule has 1 atom stereocenters. The van der Waals surface area contributed by atoms with Crippen LogP contribution in [0, 0.1) is 12.8 Å². The number of rotatable bonds is 5. The van der Waals surface area contributed by atoms with Gasteiger partial charge in [-0.25, -0.2) is 4.99 Å². The number of amides is 2. The van der Waals surface area contributed by atoms with E-state index in [-0.39, 0.29) is 30.4 Å². The molecule has 0 saturated carbocycles. The van der Waals surface area contributed by atoms with Crippen molar-refractivity contribution in [1.82, 2.24) is 5.32 Å². The molecule has 0 saturated heterocycles. The molecule has 0 bridgehead atoms. The van der Waals surface area contributed by atoms with Crippen molar-refractivity contribution in [2.24, 2.45) is 10.9 Å². The molecule has 1 N–H and O–H groups in total. The van der Waals surface area contributed by atoms with E-state index in [4.69, 9.17) is 4.74 Å². The average Bonchev–Trinajstić information content (AvgIpc) is 2.78. The maximum absolute atomic E-state index is 12.4. The van der Waals surface area contributed by atoms with Crippen LogP contribution < -0.4 is 10.1 Å². The number of nitrogens with one attached hydrogen (secondary N) is 1. The Bertz CT molecular complexity index is 686. The molecule has 0 radical (unpaired) electrons. The quantitative estimate of drug-likeness (QED) is 0.899. The van der Waals surface area contributed by atoms with E-state index in [2.05, 4.69) is 10.3 Å². The van der Waals surface area contributed by atoms with Crippen LogP contribution >= 0.6 is 11.3 Å². The summed E-state index contributed by atoms with van der Waals surface area (Å²) in [4.78, 5) is 28.9. The maximum Gasteiger partial charge on any atom is 0.261 e. The zero-order valence-electron chi connectivity index (χ0n) is 14.1. The van der Waals surface area contributed by atoms with Crippen LogP contribution in [0.3, 0.4) is 0 Å². The highest BCUT2D eigenvalue weighted by molar-refractivity contribution is 7.12. The van der Waals surface area contributed by atoms with Gasteiger partial charge in [0, 0.05) is 23.2 Å². The summed E-state index contributed by atoms with van der Waals surface area (Å²) in [5.74, 6) is -0.0259. The molecule has 0 fully saturated rings. The van der Waals surface area contributed by atoms with Crippen LogP contribution in [0.5, 0.6) is 5.75 Å². The normalized spacial score (nSPS) is 17.8. The van der Waals surface area contributed by atoms with E-state index in [1.54, 1.807) is 6.92 Å². The van der Waals surface area contributed by atoms with Gasteiger partial charge in [-0.3, -0.25) is 9.59 Å². The smallest absolute Gasteiger partial charge is 0.261 e. The van der Waals surface area contributed by atoms with Crippen molar-refractivity contribution in [2.45, 2.75) is 40.7 Å². The number of carbonyl (C=O) groups is 2. The number of hydrogen-bond acceptors (Lipinski definition) is 4. The highest BCUT2D eigenvalue weighted by Crippen LogP contribution is 2.29. The Hall–Kier alpha value is -1.95. The highest BCUT2D eigenvalue weighted by Gasteiger charge is 2.25. The Morgan fingerprint density at radius 2 is 2.09 bits per heavy atom. The SMILES string of the molecule is CC1=CC(C)=NC(=O)C1CNC(=O)c1scc(OC(C)C)c1C. The van der Waals surface area contributed by atoms with E-state index in [0.29, 0.717) is 10.6 Å².